The van der Waals surface area contributed by atoms with E-state index in [1.54, 1.807) is 0 Å². The van der Waals surface area contributed by atoms with E-state index in [9.17, 15) is 14.7 Å². The number of carbonyl (C=O) groups excluding carboxylic acids is 4. The Labute approximate surface area is 296 Å². The van der Waals surface area contributed by atoms with E-state index in [1.165, 1.54) is 37.3 Å². The lowest BCUT2D eigenvalue weighted by molar-refractivity contribution is -0.141. The van der Waals surface area contributed by atoms with E-state index in [0.29, 0.717) is 28.7 Å². The summed E-state index contributed by atoms with van der Waals surface area (Å²) in [5.74, 6) is -4.08. The van der Waals surface area contributed by atoms with Gasteiger partial charge < -0.3 is 14.6 Å². The number of hydrogen-bond donors (Lipinski definition) is 1. The van der Waals surface area contributed by atoms with Gasteiger partial charge in [0.15, 0.2) is 11.6 Å². The van der Waals surface area contributed by atoms with Crippen LogP contribution in [-0.2, 0) is 31.1 Å². The van der Waals surface area contributed by atoms with Gasteiger partial charge in [0.2, 0.25) is 11.8 Å². The molecule has 4 aromatic rings. The minimum atomic E-state index is -1.46. The van der Waals surface area contributed by atoms with Gasteiger partial charge in [-0.3, -0.25) is 24.1 Å². The first kappa shape index (κ1) is 32.4. The van der Waals surface area contributed by atoms with Gasteiger partial charge in [-0.2, -0.15) is 0 Å². The molecule has 0 unspecified atom stereocenters. The van der Waals surface area contributed by atoms with Crippen molar-refractivity contribution in [1.82, 2.24) is 4.90 Å². The average molecular weight is 680 g/mol. The number of Topliss-reactive ketones (excluding diaryl/α,β-unsaturated/α-hetero) is 1. The molecule has 1 heterocycles. The van der Waals surface area contributed by atoms with Gasteiger partial charge in [-0.15, -0.1) is 0 Å². The first-order valence-corrected chi connectivity index (χ1v) is 17.2. The highest BCUT2D eigenvalue weighted by Gasteiger charge is 2.66. The molecule has 4 aliphatic rings. The molecule has 0 bridgehead atoms. The molecule has 3 aliphatic carbocycles. The predicted octanol–water partition coefficient (Wildman–Crippen LogP) is 6.43. The minimum absolute atomic E-state index is 0.0896. The van der Waals surface area contributed by atoms with Crippen molar-refractivity contribution in [3.63, 3.8) is 0 Å². The van der Waals surface area contributed by atoms with Gasteiger partial charge in [0.05, 0.1) is 38.0 Å². The van der Waals surface area contributed by atoms with Crippen molar-refractivity contribution >= 4 is 29.0 Å². The number of imide groups is 1. The van der Waals surface area contributed by atoms with Crippen molar-refractivity contribution in [3.8, 4) is 17.2 Å². The second-order valence-corrected chi connectivity index (χ2v) is 13.8. The van der Waals surface area contributed by atoms with Crippen molar-refractivity contribution in [2.75, 3.05) is 14.2 Å². The summed E-state index contributed by atoms with van der Waals surface area (Å²) in [5.41, 5.74) is 2.28. The summed E-state index contributed by atoms with van der Waals surface area (Å²) in [6.07, 6.45) is 3.98. The molecule has 1 aliphatic heterocycles. The second-order valence-electron chi connectivity index (χ2n) is 13.8. The molecule has 2 amide bonds. The summed E-state index contributed by atoms with van der Waals surface area (Å²) in [6, 6.07) is 30.9. The van der Waals surface area contributed by atoms with E-state index in [-0.39, 0.29) is 53.6 Å². The highest BCUT2D eigenvalue weighted by molar-refractivity contribution is 6.31. The van der Waals surface area contributed by atoms with Crippen LogP contribution in [0.1, 0.15) is 41.0 Å². The van der Waals surface area contributed by atoms with E-state index >= 15 is 9.59 Å². The maximum absolute atomic E-state index is 15.3. The number of ether oxygens (including phenoxy) is 2. The van der Waals surface area contributed by atoms with Crippen molar-refractivity contribution in [3.05, 3.63) is 143 Å². The Morgan fingerprint density at radius 1 is 0.784 bits per heavy atom. The lowest BCUT2D eigenvalue weighted by Crippen LogP contribution is -2.59. The smallest absolute Gasteiger partial charge is 0.234 e. The predicted molar refractivity (Wildman–Crippen MR) is 190 cm³/mol. The van der Waals surface area contributed by atoms with E-state index in [2.05, 4.69) is 0 Å². The minimum Gasteiger partial charge on any atom is -0.508 e. The van der Waals surface area contributed by atoms with Crippen molar-refractivity contribution in [2.24, 2.45) is 23.7 Å². The molecule has 8 nitrogen and oxygen atoms in total. The van der Waals surface area contributed by atoms with Gasteiger partial charge in [-0.25, -0.2) is 0 Å². The number of phenols is 1. The van der Waals surface area contributed by atoms with E-state index < -0.39 is 35.0 Å². The van der Waals surface area contributed by atoms with Gasteiger partial charge in [-0.1, -0.05) is 103 Å². The molecule has 0 spiro atoms. The molecule has 0 radical (unpaired) electrons. The van der Waals surface area contributed by atoms with E-state index in [1.807, 2.05) is 97.1 Å². The van der Waals surface area contributed by atoms with Crippen LogP contribution in [0.3, 0.4) is 0 Å². The van der Waals surface area contributed by atoms with Crippen LogP contribution in [0.15, 0.2) is 121 Å². The molecule has 1 saturated heterocycles. The Morgan fingerprint density at radius 2 is 1.39 bits per heavy atom. The molecule has 8 heteroatoms. The number of phenolic OH excluding ortho intramolecular Hbond substituents is 1. The summed E-state index contributed by atoms with van der Waals surface area (Å²) in [6.45, 7) is 0.159. The summed E-state index contributed by atoms with van der Waals surface area (Å²) >= 11 is 0. The van der Waals surface area contributed by atoms with E-state index in [4.69, 9.17) is 9.47 Å². The summed E-state index contributed by atoms with van der Waals surface area (Å²) in [7, 11) is 2.97. The fourth-order valence-corrected chi connectivity index (χ4v) is 9.38. The summed E-state index contributed by atoms with van der Waals surface area (Å²) in [5, 5.41) is 10.7. The number of methoxy groups -OCH3 is 2. The number of carbonyl (C=O) groups is 4. The Bertz CT molecular complexity index is 2100. The zero-order valence-electron chi connectivity index (χ0n) is 28.3. The fraction of sp³-hybridized carbons (Fsp3) is 0.256. The van der Waals surface area contributed by atoms with Gasteiger partial charge in [0, 0.05) is 35.1 Å². The highest BCUT2D eigenvalue weighted by atomic mass is 16.5. The largest absolute Gasteiger partial charge is 0.508 e. The molecule has 256 valence electrons. The first-order chi connectivity index (χ1) is 24.8. The number of ketones is 2. The number of fused-ring (bicyclic) bond motifs is 4. The number of amides is 2. The Morgan fingerprint density at radius 3 is 2.02 bits per heavy atom. The van der Waals surface area contributed by atoms with Crippen LogP contribution in [0.4, 0.5) is 0 Å². The zero-order chi connectivity index (χ0) is 35.4. The third kappa shape index (κ3) is 4.88. The number of benzene rings is 4. The lowest BCUT2D eigenvalue weighted by Gasteiger charge is -2.55. The third-order valence-corrected chi connectivity index (χ3v) is 11.5. The monoisotopic (exact) mass is 679 g/mol. The number of aromatic hydroxyl groups is 1. The fourth-order valence-electron chi connectivity index (χ4n) is 9.38. The maximum atomic E-state index is 15.3. The molecule has 6 atom stereocenters. The number of hydrogen-bond acceptors (Lipinski definition) is 7. The molecular weight excluding hydrogens is 642 g/mol. The Kier molecular flexibility index (Phi) is 7.97. The van der Waals surface area contributed by atoms with Crippen LogP contribution in [0, 0.1) is 23.7 Å². The van der Waals surface area contributed by atoms with Crippen LogP contribution < -0.4 is 9.47 Å². The molecule has 4 aromatic carbocycles. The summed E-state index contributed by atoms with van der Waals surface area (Å²) < 4.78 is 11.8. The van der Waals surface area contributed by atoms with E-state index in [0.717, 1.165) is 11.1 Å². The number of rotatable bonds is 7. The van der Waals surface area contributed by atoms with Gasteiger partial charge >= 0.3 is 0 Å². The zero-order valence-corrected chi connectivity index (χ0v) is 28.3. The standard InChI is InChI=1S/C43H37NO7/c1-50-34-20-28(45)21-35(51-2)38(34)39-29-18-19-30-37(42(49)44(41(30)48)24-25-12-6-3-7-13-25)32(29)22-33-40(47)31(26-14-8-4-9-15-26)23-36(46)43(33,39)27-16-10-5-11-17-27/h3-18,20-21,23,30,32-33,37,39,45H,19,22,24H2,1-2H3/t30-,32+,33-,37-,39+,43-/m0/s1. The van der Waals surface area contributed by atoms with Gasteiger partial charge in [-0.05, 0) is 41.5 Å². The topological polar surface area (TPSA) is 110 Å². The molecule has 1 N–H and O–H groups in total. The Hall–Kier alpha value is -5.76. The SMILES string of the molecule is COc1cc(O)cc(OC)c1[C@H]1C2=CC[C@@H]3C(=O)N(Cc4ccccc4)C(=O)[C@@H]3[C@@H]2C[C@H]2C(=O)C(c3ccccc3)=CC(=O)[C@@]12c1ccccc1. The summed E-state index contributed by atoms with van der Waals surface area (Å²) in [4.78, 5) is 60.3. The maximum Gasteiger partial charge on any atom is 0.234 e. The van der Waals surface area contributed by atoms with Gasteiger partial charge in [0.1, 0.15) is 17.2 Å². The molecule has 8 rings (SSSR count). The molecule has 2 fully saturated rings. The average Bonchev–Trinajstić information content (AvgIpc) is 3.40. The quantitative estimate of drug-likeness (QED) is 0.177. The lowest BCUT2D eigenvalue weighted by atomic mass is 9.44. The normalized spacial score (nSPS) is 26.9. The van der Waals surface area contributed by atoms with Crippen molar-refractivity contribution < 1.29 is 33.8 Å². The third-order valence-electron chi connectivity index (χ3n) is 11.5. The van der Waals surface area contributed by atoms with Crippen LogP contribution in [0.2, 0.25) is 0 Å². The number of likely N-dealkylation sites (tertiary alicyclic amines) is 1. The second kappa shape index (κ2) is 12.5. The van der Waals surface area contributed by atoms with Crippen LogP contribution in [0.5, 0.6) is 17.2 Å². The molecule has 0 aromatic heterocycles. The van der Waals surface area contributed by atoms with Crippen LogP contribution in [-0.4, -0.2) is 47.6 Å². The van der Waals surface area contributed by atoms with Crippen LogP contribution >= 0.6 is 0 Å². The van der Waals surface area contributed by atoms with Gasteiger partial charge in [0.25, 0.3) is 0 Å². The van der Waals surface area contributed by atoms with Crippen molar-refractivity contribution in [2.45, 2.75) is 30.7 Å². The molecule has 1 saturated carbocycles. The van der Waals surface area contributed by atoms with Crippen molar-refractivity contribution in [1.29, 1.82) is 0 Å². The Balaban J connectivity index is 1.38. The van der Waals surface area contributed by atoms with Crippen LogP contribution in [0.25, 0.3) is 5.57 Å². The first-order valence-electron chi connectivity index (χ1n) is 17.2. The highest BCUT2D eigenvalue weighted by Crippen LogP contribution is 2.65. The number of nitrogens with zero attached hydrogens (tertiary/aromatic N) is 1. The molecular formula is C43H37NO7. The number of allylic oxidation sites excluding steroid dienone is 4. The molecule has 51 heavy (non-hydrogen) atoms.